The maximum absolute atomic E-state index is 12.8. The van der Waals surface area contributed by atoms with E-state index in [4.69, 9.17) is 5.73 Å². The van der Waals surface area contributed by atoms with Gasteiger partial charge in [0.25, 0.3) is 0 Å². The van der Waals surface area contributed by atoms with Crippen LogP contribution in [0.15, 0.2) is 29.2 Å². The lowest BCUT2D eigenvalue weighted by Gasteiger charge is -2.34. The topological polar surface area (TPSA) is 63.4 Å². The van der Waals surface area contributed by atoms with Gasteiger partial charge >= 0.3 is 0 Å². The van der Waals surface area contributed by atoms with Gasteiger partial charge in [0.2, 0.25) is 10.0 Å². The van der Waals surface area contributed by atoms with E-state index in [9.17, 15) is 12.8 Å². The Labute approximate surface area is 107 Å². The molecule has 0 aromatic heterocycles. The van der Waals surface area contributed by atoms with E-state index in [0.29, 0.717) is 12.5 Å². The molecule has 1 aromatic rings. The molecule has 1 fully saturated rings. The maximum Gasteiger partial charge on any atom is 0.242 e. The normalized spacial score (nSPS) is 24.0. The van der Waals surface area contributed by atoms with Crippen molar-refractivity contribution in [3.05, 3.63) is 30.1 Å². The van der Waals surface area contributed by atoms with Crippen molar-refractivity contribution in [1.29, 1.82) is 0 Å². The van der Waals surface area contributed by atoms with Gasteiger partial charge in [0.15, 0.2) is 0 Å². The highest BCUT2D eigenvalue weighted by molar-refractivity contribution is 7.89. The number of nitrogens with zero attached hydrogens (tertiary/aromatic N) is 1. The van der Waals surface area contributed by atoms with Gasteiger partial charge in [0, 0.05) is 19.6 Å². The third-order valence-electron chi connectivity index (χ3n) is 3.31. The van der Waals surface area contributed by atoms with Crippen molar-refractivity contribution >= 4 is 10.0 Å². The van der Waals surface area contributed by atoms with E-state index in [1.54, 1.807) is 7.05 Å². The van der Waals surface area contributed by atoms with Crippen molar-refractivity contribution in [3.63, 3.8) is 0 Å². The summed E-state index contributed by atoms with van der Waals surface area (Å²) in [6, 6.07) is 5.08. The van der Waals surface area contributed by atoms with E-state index < -0.39 is 15.8 Å². The SMILES string of the molecule is CN(CC1CC(N)C1)S(=O)(=O)c1ccc(F)cc1. The van der Waals surface area contributed by atoms with Crippen molar-refractivity contribution < 1.29 is 12.8 Å². The van der Waals surface area contributed by atoms with Crippen LogP contribution in [0.2, 0.25) is 0 Å². The second kappa shape index (κ2) is 4.95. The average molecular weight is 272 g/mol. The Balaban J connectivity index is 2.08. The third-order valence-corrected chi connectivity index (χ3v) is 5.15. The Kier molecular flexibility index (Phi) is 3.70. The second-order valence-corrected chi connectivity index (χ2v) is 6.88. The van der Waals surface area contributed by atoms with E-state index in [1.165, 1.54) is 16.4 Å². The molecule has 1 aromatic carbocycles. The molecule has 0 spiro atoms. The van der Waals surface area contributed by atoms with E-state index in [1.807, 2.05) is 0 Å². The van der Waals surface area contributed by atoms with Gasteiger partial charge < -0.3 is 5.73 Å². The highest BCUT2D eigenvalue weighted by Gasteiger charge is 2.30. The van der Waals surface area contributed by atoms with Crippen molar-refractivity contribution in [3.8, 4) is 0 Å². The number of sulfonamides is 1. The van der Waals surface area contributed by atoms with Gasteiger partial charge in [-0.15, -0.1) is 0 Å². The molecule has 0 amide bonds. The molecule has 0 heterocycles. The molecule has 0 saturated heterocycles. The number of rotatable bonds is 4. The Morgan fingerprint density at radius 1 is 1.33 bits per heavy atom. The Morgan fingerprint density at radius 3 is 2.39 bits per heavy atom. The molecule has 2 rings (SSSR count). The highest BCUT2D eigenvalue weighted by atomic mass is 32.2. The summed E-state index contributed by atoms with van der Waals surface area (Å²) in [6.45, 7) is 0.466. The first-order valence-electron chi connectivity index (χ1n) is 5.87. The summed E-state index contributed by atoms with van der Waals surface area (Å²) >= 11 is 0. The molecule has 0 bridgehead atoms. The van der Waals surface area contributed by atoms with Gasteiger partial charge in [0.1, 0.15) is 5.82 Å². The van der Waals surface area contributed by atoms with Crippen LogP contribution in [0.3, 0.4) is 0 Å². The first-order valence-corrected chi connectivity index (χ1v) is 7.31. The molecule has 1 saturated carbocycles. The molecular weight excluding hydrogens is 255 g/mol. The first-order chi connectivity index (χ1) is 8.39. The fourth-order valence-corrected chi connectivity index (χ4v) is 3.43. The molecule has 0 atom stereocenters. The monoisotopic (exact) mass is 272 g/mol. The first kappa shape index (κ1) is 13.5. The molecule has 2 N–H and O–H groups in total. The molecule has 0 unspecified atom stereocenters. The molecule has 4 nitrogen and oxygen atoms in total. The van der Waals surface area contributed by atoms with Gasteiger partial charge in [-0.25, -0.2) is 17.1 Å². The van der Waals surface area contributed by atoms with Gasteiger partial charge in [0.05, 0.1) is 4.90 Å². The van der Waals surface area contributed by atoms with Crippen LogP contribution in [0.4, 0.5) is 4.39 Å². The van der Waals surface area contributed by atoms with Crippen LogP contribution in [-0.4, -0.2) is 32.4 Å². The number of halogens is 1. The zero-order valence-electron chi connectivity index (χ0n) is 10.2. The Morgan fingerprint density at radius 2 is 1.89 bits per heavy atom. The lowest BCUT2D eigenvalue weighted by Crippen LogP contribution is -2.43. The molecule has 0 radical (unpaired) electrons. The van der Waals surface area contributed by atoms with Crippen molar-refractivity contribution in [1.82, 2.24) is 4.31 Å². The van der Waals surface area contributed by atoms with Crippen LogP contribution in [0.1, 0.15) is 12.8 Å². The average Bonchev–Trinajstić information content (AvgIpc) is 2.27. The highest BCUT2D eigenvalue weighted by Crippen LogP contribution is 2.27. The summed E-state index contributed by atoms with van der Waals surface area (Å²) in [7, 11) is -1.97. The molecule has 6 heteroatoms. The minimum absolute atomic E-state index is 0.120. The number of benzene rings is 1. The van der Waals surface area contributed by atoms with Crippen LogP contribution in [0.25, 0.3) is 0 Å². The van der Waals surface area contributed by atoms with Gasteiger partial charge in [-0.2, -0.15) is 0 Å². The van der Waals surface area contributed by atoms with Crippen LogP contribution >= 0.6 is 0 Å². The minimum atomic E-state index is -3.52. The molecule has 100 valence electrons. The van der Waals surface area contributed by atoms with E-state index >= 15 is 0 Å². The predicted molar refractivity (Wildman–Crippen MR) is 66.9 cm³/mol. The zero-order chi connectivity index (χ0) is 13.3. The Hall–Kier alpha value is -0.980. The summed E-state index contributed by atoms with van der Waals surface area (Å²) in [4.78, 5) is 0.120. The van der Waals surface area contributed by atoms with Crippen LogP contribution in [-0.2, 0) is 10.0 Å². The smallest absolute Gasteiger partial charge is 0.242 e. The van der Waals surface area contributed by atoms with Gasteiger partial charge in [-0.1, -0.05) is 0 Å². The minimum Gasteiger partial charge on any atom is -0.328 e. The fourth-order valence-electron chi connectivity index (χ4n) is 2.18. The van der Waals surface area contributed by atoms with Crippen molar-refractivity contribution in [2.24, 2.45) is 11.7 Å². The second-order valence-electron chi connectivity index (χ2n) is 4.84. The van der Waals surface area contributed by atoms with Gasteiger partial charge in [-0.3, -0.25) is 0 Å². The largest absolute Gasteiger partial charge is 0.328 e. The summed E-state index contributed by atoms with van der Waals surface area (Å²) in [6.07, 6.45) is 1.73. The molecule has 1 aliphatic rings. The van der Waals surface area contributed by atoms with E-state index in [2.05, 4.69) is 0 Å². The van der Waals surface area contributed by atoms with Crippen molar-refractivity contribution in [2.75, 3.05) is 13.6 Å². The summed E-state index contributed by atoms with van der Waals surface area (Å²) in [5.74, 6) is -0.109. The van der Waals surface area contributed by atoms with Gasteiger partial charge in [-0.05, 0) is 43.0 Å². The quantitative estimate of drug-likeness (QED) is 0.895. The summed E-state index contributed by atoms with van der Waals surface area (Å²) in [5.41, 5.74) is 5.67. The molecule has 0 aliphatic heterocycles. The lowest BCUT2D eigenvalue weighted by molar-refractivity contribution is 0.227. The predicted octanol–water partition coefficient (Wildman–Crippen LogP) is 1.18. The van der Waals surface area contributed by atoms with E-state index in [-0.39, 0.29) is 10.9 Å². The summed E-state index contributed by atoms with van der Waals surface area (Å²) in [5, 5.41) is 0. The van der Waals surface area contributed by atoms with Crippen LogP contribution < -0.4 is 5.73 Å². The van der Waals surface area contributed by atoms with Crippen LogP contribution in [0, 0.1) is 11.7 Å². The van der Waals surface area contributed by atoms with E-state index in [0.717, 1.165) is 25.0 Å². The number of nitrogens with two attached hydrogens (primary N) is 1. The maximum atomic E-state index is 12.8. The van der Waals surface area contributed by atoms with Crippen LogP contribution in [0.5, 0.6) is 0 Å². The molecule has 1 aliphatic carbocycles. The fraction of sp³-hybridized carbons (Fsp3) is 0.500. The number of hydrogen-bond acceptors (Lipinski definition) is 3. The lowest BCUT2D eigenvalue weighted by atomic mass is 9.81. The summed E-state index contributed by atoms with van der Waals surface area (Å²) < 4.78 is 38.4. The standard InChI is InChI=1S/C12H17FN2O2S/c1-15(8-9-6-11(14)7-9)18(16,17)12-4-2-10(13)3-5-12/h2-5,9,11H,6-8,14H2,1H3. The third kappa shape index (κ3) is 2.71. The van der Waals surface area contributed by atoms with Crippen molar-refractivity contribution in [2.45, 2.75) is 23.8 Å². The molecule has 18 heavy (non-hydrogen) atoms. The zero-order valence-corrected chi connectivity index (χ0v) is 11.0. The Bertz CT molecular complexity index is 509. The number of hydrogen-bond donors (Lipinski definition) is 1. The molecular formula is C12H17FN2O2S.